The predicted octanol–water partition coefficient (Wildman–Crippen LogP) is 2.74. The summed E-state index contributed by atoms with van der Waals surface area (Å²) in [5.41, 5.74) is 2.32. The highest BCUT2D eigenvalue weighted by Crippen LogP contribution is 2.23. The fourth-order valence-corrected chi connectivity index (χ4v) is 3.72. The molecule has 1 aliphatic rings. The van der Waals surface area contributed by atoms with Crippen LogP contribution in [0.3, 0.4) is 0 Å². The summed E-state index contributed by atoms with van der Waals surface area (Å²) in [6.45, 7) is 3.18. The highest BCUT2D eigenvalue weighted by molar-refractivity contribution is 7.92. The maximum atomic E-state index is 12.6. The van der Waals surface area contributed by atoms with Crippen molar-refractivity contribution in [2.45, 2.75) is 18.8 Å². The molecule has 24 heavy (non-hydrogen) atoms. The second-order valence-corrected chi connectivity index (χ2v) is 7.91. The van der Waals surface area contributed by atoms with Gasteiger partial charge in [-0.15, -0.1) is 0 Å². The molecule has 0 N–H and O–H groups in total. The van der Waals surface area contributed by atoms with Crippen molar-refractivity contribution in [1.82, 2.24) is 0 Å². The molecule has 0 spiro atoms. The van der Waals surface area contributed by atoms with Crippen LogP contribution in [-0.4, -0.2) is 34.8 Å². The molecule has 0 saturated carbocycles. The van der Waals surface area contributed by atoms with Gasteiger partial charge in [0.2, 0.25) is 10.0 Å². The summed E-state index contributed by atoms with van der Waals surface area (Å²) in [5.74, 6) is 0.691. The molecule has 0 bridgehead atoms. The second kappa shape index (κ2) is 6.83. The van der Waals surface area contributed by atoms with Gasteiger partial charge in [-0.2, -0.15) is 0 Å². The number of anilines is 1. The van der Waals surface area contributed by atoms with E-state index >= 15 is 0 Å². The van der Waals surface area contributed by atoms with Crippen molar-refractivity contribution in [3.05, 3.63) is 59.7 Å². The van der Waals surface area contributed by atoms with Gasteiger partial charge in [0, 0.05) is 7.05 Å². The van der Waals surface area contributed by atoms with Crippen molar-refractivity contribution in [2.75, 3.05) is 24.6 Å². The molecule has 2 aromatic carbocycles. The van der Waals surface area contributed by atoms with Gasteiger partial charge in [0.05, 0.1) is 18.0 Å². The van der Waals surface area contributed by atoms with Crippen LogP contribution in [0.1, 0.15) is 11.1 Å². The highest BCUT2D eigenvalue weighted by atomic mass is 32.2. The number of epoxide rings is 1. The molecule has 0 aromatic heterocycles. The summed E-state index contributed by atoms with van der Waals surface area (Å²) >= 11 is 0. The molecular weight excluding hydrogens is 326 g/mol. The van der Waals surface area contributed by atoms with E-state index in [1.807, 2.05) is 43.3 Å². The Morgan fingerprint density at radius 2 is 1.92 bits per heavy atom. The van der Waals surface area contributed by atoms with E-state index in [9.17, 15) is 8.42 Å². The van der Waals surface area contributed by atoms with Crippen molar-refractivity contribution in [3.63, 3.8) is 0 Å². The topological polar surface area (TPSA) is 59.1 Å². The van der Waals surface area contributed by atoms with E-state index in [4.69, 9.17) is 9.47 Å². The van der Waals surface area contributed by atoms with Crippen molar-refractivity contribution in [1.29, 1.82) is 0 Å². The standard InChI is InChI=1S/C18H21NO4S/c1-14-10-17(22-11-18-12-23-18)9-8-15(14)13-24(20,21)19(2)16-6-4-3-5-7-16/h3-10,18H,11-13H2,1-2H3. The number of aryl methyl sites for hydroxylation is 1. The Hall–Kier alpha value is -2.05. The normalized spacial score (nSPS) is 16.7. The van der Waals surface area contributed by atoms with Crippen LogP contribution in [0.25, 0.3) is 0 Å². The smallest absolute Gasteiger partial charge is 0.239 e. The molecule has 1 aliphatic heterocycles. The van der Waals surface area contributed by atoms with Crippen molar-refractivity contribution in [3.8, 4) is 5.75 Å². The maximum absolute atomic E-state index is 12.6. The predicted molar refractivity (Wildman–Crippen MR) is 93.9 cm³/mol. The first kappa shape index (κ1) is 16.8. The summed E-state index contributed by atoms with van der Waals surface area (Å²) in [6.07, 6.45) is 0.199. The lowest BCUT2D eigenvalue weighted by Gasteiger charge is -2.20. The van der Waals surface area contributed by atoms with E-state index in [0.29, 0.717) is 12.3 Å². The van der Waals surface area contributed by atoms with Gasteiger partial charge in [0.25, 0.3) is 0 Å². The summed E-state index contributed by atoms with van der Waals surface area (Å²) in [7, 11) is -1.87. The Morgan fingerprint density at radius 3 is 2.54 bits per heavy atom. The Bertz CT molecular complexity index is 801. The van der Waals surface area contributed by atoms with E-state index in [2.05, 4.69) is 0 Å². The fraction of sp³-hybridized carbons (Fsp3) is 0.333. The van der Waals surface area contributed by atoms with Crippen LogP contribution in [0.15, 0.2) is 48.5 Å². The van der Waals surface area contributed by atoms with Crippen LogP contribution in [0.4, 0.5) is 5.69 Å². The Labute approximate surface area is 142 Å². The molecule has 0 radical (unpaired) electrons. The molecular formula is C18H21NO4S. The van der Waals surface area contributed by atoms with Crippen LogP contribution in [0.2, 0.25) is 0 Å². The molecule has 0 amide bonds. The number of hydrogen-bond acceptors (Lipinski definition) is 4. The largest absolute Gasteiger partial charge is 0.491 e. The highest BCUT2D eigenvalue weighted by Gasteiger charge is 2.23. The minimum Gasteiger partial charge on any atom is -0.491 e. The number of hydrogen-bond donors (Lipinski definition) is 0. The van der Waals surface area contributed by atoms with Crippen LogP contribution in [0.5, 0.6) is 5.75 Å². The molecule has 2 aromatic rings. The van der Waals surface area contributed by atoms with Crippen LogP contribution in [-0.2, 0) is 20.5 Å². The lowest BCUT2D eigenvalue weighted by atomic mass is 10.1. The summed E-state index contributed by atoms with van der Waals surface area (Å²) < 4.78 is 37.3. The summed E-state index contributed by atoms with van der Waals surface area (Å²) in [4.78, 5) is 0. The van der Waals surface area contributed by atoms with E-state index in [1.165, 1.54) is 4.31 Å². The van der Waals surface area contributed by atoms with E-state index in [0.717, 1.165) is 23.5 Å². The summed E-state index contributed by atoms with van der Waals surface area (Å²) in [5, 5.41) is 0. The number of ether oxygens (including phenoxy) is 2. The molecule has 128 valence electrons. The van der Waals surface area contributed by atoms with Gasteiger partial charge in [-0.3, -0.25) is 4.31 Å². The third-order valence-electron chi connectivity index (χ3n) is 4.03. The molecule has 1 fully saturated rings. The van der Waals surface area contributed by atoms with E-state index in [1.54, 1.807) is 19.2 Å². The number of sulfonamides is 1. The van der Waals surface area contributed by atoms with Gasteiger partial charge in [0.15, 0.2) is 0 Å². The first-order valence-electron chi connectivity index (χ1n) is 7.81. The van der Waals surface area contributed by atoms with Gasteiger partial charge >= 0.3 is 0 Å². The summed E-state index contributed by atoms with van der Waals surface area (Å²) in [6, 6.07) is 14.6. The number of benzene rings is 2. The zero-order valence-corrected chi connectivity index (χ0v) is 14.6. The molecule has 1 saturated heterocycles. The van der Waals surface area contributed by atoms with Gasteiger partial charge in [-0.05, 0) is 42.3 Å². The van der Waals surface area contributed by atoms with Crippen LogP contribution >= 0.6 is 0 Å². The zero-order valence-electron chi connectivity index (χ0n) is 13.8. The molecule has 6 heteroatoms. The van der Waals surface area contributed by atoms with Crippen molar-refractivity contribution < 1.29 is 17.9 Å². The SMILES string of the molecule is Cc1cc(OCC2CO2)ccc1CS(=O)(=O)N(C)c1ccccc1. The quantitative estimate of drug-likeness (QED) is 0.723. The van der Waals surface area contributed by atoms with Crippen molar-refractivity contribution >= 4 is 15.7 Å². The average molecular weight is 347 g/mol. The molecule has 0 aliphatic carbocycles. The van der Waals surface area contributed by atoms with Crippen LogP contribution in [0, 0.1) is 6.92 Å². The first-order chi connectivity index (χ1) is 11.5. The average Bonchev–Trinajstić information content (AvgIpc) is 3.39. The molecule has 1 heterocycles. The lowest BCUT2D eigenvalue weighted by molar-refractivity contribution is 0.263. The first-order valence-corrected chi connectivity index (χ1v) is 9.42. The van der Waals surface area contributed by atoms with E-state index in [-0.39, 0.29) is 11.9 Å². The lowest BCUT2D eigenvalue weighted by Crippen LogP contribution is -2.28. The number of rotatable bonds is 7. The second-order valence-electron chi connectivity index (χ2n) is 5.91. The van der Waals surface area contributed by atoms with Crippen molar-refractivity contribution in [2.24, 2.45) is 0 Å². The number of para-hydroxylation sites is 1. The Balaban J connectivity index is 1.71. The third-order valence-corrected chi connectivity index (χ3v) is 5.75. The fourth-order valence-electron chi connectivity index (χ4n) is 2.37. The van der Waals surface area contributed by atoms with Gasteiger partial charge < -0.3 is 9.47 Å². The Kier molecular flexibility index (Phi) is 4.78. The maximum Gasteiger partial charge on any atom is 0.239 e. The van der Waals surface area contributed by atoms with Gasteiger partial charge in [-0.1, -0.05) is 24.3 Å². The third kappa shape index (κ3) is 4.07. The van der Waals surface area contributed by atoms with Gasteiger partial charge in [-0.25, -0.2) is 8.42 Å². The van der Waals surface area contributed by atoms with E-state index < -0.39 is 10.0 Å². The molecule has 5 nitrogen and oxygen atoms in total. The Morgan fingerprint density at radius 1 is 1.21 bits per heavy atom. The molecule has 3 rings (SSSR count). The van der Waals surface area contributed by atoms with Crippen LogP contribution < -0.4 is 9.04 Å². The zero-order chi connectivity index (χ0) is 17.2. The number of nitrogens with zero attached hydrogens (tertiary/aromatic N) is 1. The molecule has 1 unspecified atom stereocenters. The minimum atomic E-state index is -3.44. The minimum absolute atomic E-state index is 0.0454. The van der Waals surface area contributed by atoms with Gasteiger partial charge in [0.1, 0.15) is 18.5 Å². The monoisotopic (exact) mass is 347 g/mol. The molecule has 1 atom stereocenters.